The molecule has 0 radical (unpaired) electrons. The van der Waals surface area contributed by atoms with Crippen LogP contribution >= 0.6 is 0 Å². The molecule has 1 aliphatic heterocycles. The lowest BCUT2D eigenvalue weighted by molar-refractivity contribution is -0.387. The lowest BCUT2D eigenvalue weighted by Crippen LogP contribution is -2.30. The summed E-state index contributed by atoms with van der Waals surface area (Å²) in [6, 6.07) is 4.29. The maximum atomic E-state index is 12.0. The van der Waals surface area contributed by atoms with Crippen LogP contribution in [0.4, 0.5) is 11.4 Å². The SMILES string of the molecule is CS(=O)(=O)c1cc(N2CCCN(Cc3noc(C4CC4)n3)CC2)ccc1[N+](=O)[O-]. The molecule has 1 saturated heterocycles. The quantitative estimate of drug-likeness (QED) is 0.509. The van der Waals surface area contributed by atoms with Gasteiger partial charge in [-0.15, -0.1) is 0 Å². The number of benzene rings is 1. The summed E-state index contributed by atoms with van der Waals surface area (Å²) in [4.78, 5) is 19.0. The van der Waals surface area contributed by atoms with Crippen molar-refractivity contribution in [3.8, 4) is 0 Å². The third-order valence-corrected chi connectivity index (χ3v) is 6.39. The highest BCUT2D eigenvalue weighted by Gasteiger charge is 2.30. The average molecular weight is 421 g/mol. The van der Waals surface area contributed by atoms with E-state index in [-0.39, 0.29) is 4.90 Å². The van der Waals surface area contributed by atoms with Gasteiger partial charge in [0.2, 0.25) is 5.89 Å². The number of rotatable bonds is 6. The number of nitrogens with zero attached hydrogens (tertiary/aromatic N) is 5. The molecule has 11 heteroatoms. The molecule has 4 rings (SSSR count). The second kappa shape index (κ2) is 7.71. The van der Waals surface area contributed by atoms with Gasteiger partial charge in [0.25, 0.3) is 5.69 Å². The first-order valence-electron chi connectivity index (χ1n) is 9.59. The Bertz CT molecular complexity index is 1020. The predicted octanol–water partition coefficient (Wildman–Crippen LogP) is 1.97. The van der Waals surface area contributed by atoms with Gasteiger partial charge < -0.3 is 9.42 Å². The van der Waals surface area contributed by atoms with Crippen LogP contribution in [0.3, 0.4) is 0 Å². The Morgan fingerprint density at radius 3 is 2.72 bits per heavy atom. The van der Waals surface area contributed by atoms with Crippen LogP contribution in [0.1, 0.15) is 36.9 Å². The van der Waals surface area contributed by atoms with Gasteiger partial charge in [-0.05, 0) is 31.4 Å². The summed E-state index contributed by atoms with van der Waals surface area (Å²) >= 11 is 0. The van der Waals surface area contributed by atoms with Crippen molar-refractivity contribution in [3.63, 3.8) is 0 Å². The van der Waals surface area contributed by atoms with Crippen LogP contribution in [0.15, 0.2) is 27.6 Å². The summed E-state index contributed by atoms with van der Waals surface area (Å²) in [6.45, 7) is 3.62. The van der Waals surface area contributed by atoms with E-state index in [2.05, 4.69) is 19.9 Å². The third kappa shape index (κ3) is 4.56. The maximum Gasteiger partial charge on any atom is 0.288 e. The van der Waals surface area contributed by atoms with E-state index in [0.29, 0.717) is 30.5 Å². The maximum absolute atomic E-state index is 12.0. The number of aromatic nitrogens is 2. The van der Waals surface area contributed by atoms with Crippen molar-refractivity contribution >= 4 is 21.2 Å². The highest BCUT2D eigenvalue weighted by molar-refractivity contribution is 7.90. The van der Waals surface area contributed by atoms with Gasteiger partial charge in [0.15, 0.2) is 15.7 Å². The van der Waals surface area contributed by atoms with Gasteiger partial charge in [-0.3, -0.25) is 15.0 Å². The fourth-order valence-electron chi connectivity index (χ4n) is 3.56. The minimum atomic E-state index is -3.71. The molecule has 0 bridgehead atoms. The van der Waals surface area contributed by atoms with E-state index in [4.69, 9.17) is 4.52 Å². The molecule has 2 fully saturated rings. The molecule has 1 aromatic heterocycles. The smallest absolute Gasteiger partial charge is 0.288 e. The predicted molar refractivity (Wildman–Crippen MR) is 105 cm³/mol. The lowest BCUT2D eigenvalue weighted by atomic mass is 10.2. The molecule has 0 unspecified atom stereocenters. The second-order valence-corrected chi connectivity index (χ2v) is 9.61. The summed E-state index contributed by atoms with van der Waals surface area (Å²) in [5.74, 6) is 1.85. The van der Waals surface area contributed by atoms with Crippen molar-refractivity contribution < 1.29 is 17.9 Å². The number of sulfone groups is 1. The Morgan fingerprint density at radius 2 is 2.03 bits per heavy atom. The molecule has 0 spiro atoms. The van der Waals surface area contributed by atoms with Crippen LogP contribution in [0.5, 0.6) is 0 Å². The fraction of sp³-hybridized carbons (Fsp3) is 0.556. The number of anilines is 1. The zero-order valence-electron chi connectivity index (χ0n) is 16.2. The fourth-order valence-corrected chi connectivity index (χ4v) is 4.42. The number of nitro groups is 1. The van der Waals surface area contributed by atoms with Gasteiger partial charge >= 0.3 is 0 Å². The van der Waals surface area contributed by atoms with Gasteiger partial charge in [0.05, 0.1) is 11.5 Å². The summed E-state index contributed by atoms with van der Waals surface area (Å²) in [5.41, 5.74) is 0.282. The van der Waals surface area contributed by atoms with Crippen molar-refractivity contribution in [3.05, 3.63) is 40.0 Å². The van der Waals surface area contributed by atoms with Crippen molar-refractivity contribution in [2.45, 2.75) is 36.6 Å². The monoisotopic (exact) mass is 421 g/mol. The largest absolute Gasteiger partial charge is 0.370 e. The third-order valence-electron chi connectivity index (χ3n) is 5.27. The summed E-state index contributed by atoms with van der Waals surface area (Å²) in [7, 11) is -3.71. The van der Waals surface area contributed by atoms with Crippen molar-refractivity contribution in [2.75, 3.05) is 37.3 Å². The van der Waals surface area contributed by atoms with Crippen LogP contribution in [0.2, 0.25) is 0 Å². The van der Waals surface area contributed by atoms with Gasteiger partial charge in [-0.1, -0.05) is 5.16 Å². The molecule has 1 aromatic carbocycles. The van der Waals surface area contributed by atoms with Gasteiger partial charge in [-0.25, -0.2) is 8.42 Å². The van der Waals surface area contributed by atoms with Crippen LogP contribution in [-0.2, 0) is 16.4 Å². The lowest BCUT2D eigenvalue weighted by Gasteiger charge is -2.23. The van der Waals surface area contributed by atoms with Crippen LogP contribution in [0, 0.1) is 10.1 Å². The van der Waals surface area contributed by atoms with Crippen molar-refractivity contribution in [1.82, 2.24) is 15.0 Å². The molecule has 1 saturated carbocycles. The van der Waals surface area contributed by atoms with E-state index in [1.807, 2.05) is 0 Å². The van der Waals surface area contributed by atoms with Crippen LogP contribution in [0.25, 0.3) is 0 Å². The minimum absolute atomic E-state index is 0.250. The molecule has 0 amide bonds. The molecule has 2 aliphatic rings. The van der Waals surface area contributed by atoms with Gasteiger partial charge in [0, 0.05) is 50.1 Å². The first-order chi connectivity index (χ1) is 13.8. The van der Waals surface area contributed by atoms with Crippen LogP contribution < -0.4 is 4.90 Å². The van der Waals surface area contributed by atoms with E-state index >= 15 is 0 Å². The summed E-state index contributed by atoms with van der Waals surface area (Å²) in [6.07, 6.45) is 4.10. The summed E-state index contributed by atoms with van der Waals surface area (Å²) in [5, 5.41) is 15.2. The molecular weight excluding hydrogens is 398 g/mol. The first-order valence-corrected chi connectivity index (χ1v) is 11.5. The Balaban J connectivity index is 1.45. The molecule has 2 aromatic rings. The molecule has 0 atom stereocenters. The topological polar surface area (TPSA) is 123 Å². The molecular formula is C18H23N5O5S. The number of hydrogen-bond donors (Lipinski definition) is 0. The van der Waals surface area contributed by atoms with E-state index in [9.17, 15) is 18.5 Å². The molecule has 10 nitrogen and oxygen atoms in total. The highest BCUT2D eigenvalue weighted by atomic mass is 32.2. The first kappa shape index (κ1) is 19.8. The zero-order valence-corrected chi connectivity index (χ0v) is 17.0. The van der Waals surface area contributed by atoms with E-state index in [1.54, 1.807) is 6.07 Å². The molecule has 1 aliphatic carbocycles. The van der Waals surface area contributed by atoms with E-state index < -0.39 is 20.4 Å². The average Bonchev–Trinajstić information content (AvgIpc) is 3.45. The van der Waals surface area contributed by atoms with E-state index in [1.165, 1.54) is 12.1 Å². The van der Waals surface area contributed by atoms with E-state index in [0.717, 1.165) is 51.0 Å². The van der Waals surface area contributed by atoms with Crippen molar-refractivity contribution in [2.24, 2.45) is 0 Å². The summed E-state index contributed by atoms with van der Waals surface area (Å²) < 4.78 is 29.4. The highest BCUT2D eigenvalue weighted by Crippen LogP contribution is 2.38. The zero-order chi connectivity index (χ0) is 20.6. The number of nitro benzene ring substituents is 1. The Kier molecular flexibility index (Phi) is 5.26. The Hall–Kier alpha value is -2.53. The normalized spacial score (nSPS) is 18.6. The second-order valence-electron chi connectivity index (χ2n) is 7.62. The molecule has 0 N–H and O–H groups in total. The number of hydrogen-bond acceptors (Lipinski definition) is 9. The molecule has 2 heterocycles. The minimum Gasteiger partial charge on any atom is -0.370 e. The molecule has 156 valence electrons. The van der Waals surface area contributed by atoms with Gasteiger partial charge in [0.1, 0.15) is 4.90 Å². The molecule has 29 heavy (non-hydrogen) atoms. The van der Waals surface area contributed by atoms with Crippen LogP contribution in [-0.4, -0.2) is 60.8 Å². The van der Waals surface area contributed by atoms with Crippen molar-refractivity contribution in [1.29, 1.82) is 0 Å². The Morgan fingerprint density at radius 1 is 1.24 bits per heavy atom. The Labute approximate surface area is 168 Å². The van der Waals surface area contributed by atoms with Gasteiger partial charge in [-0.2, -0.15) is 4.98 Å². The standard InChI is InChI=1S/C18H23N5O5S/c1-29(26,27)16-11-14(5-6-15(16)23(24)25)22-8-2-7-21(9-10-22)12-17-19-18(28-20-17)13-3-4-13/h5-6,11,13H,2-4,7-10,12H2,1H3.